The maximum absolute atomic E-state index is 13.0. The zero-order chi connectivity index (χ0) is 19.6. The fraction of sp³-hybridized carbons (Fsp3) is 0.455. The van der Waals surface area contributed by atoms with Gasteiger partial charge in [0.25, 0.3) is 11.8 Å². The van der Waals surface area contributed by atoms with Gasteiger partial charge in [0.05, 0.1) is 11.7 Å². The molecule has 1 aromatic carbocycles. The predicted octanol–water partition coefficient (Wildman–Crippen LogP) is 3.47. The third-order valence-electron chi connectivity index (χ3n) is 4.94. The smallest absolute Gasteiger partial charge is 0.278 e. The van der Waals surface area contributed by atoms with Crippen LogP contribution in [0.3, 0.4) is 0 Å². The molecule has 144 valence electrons. The van der Waals surface area contributed by atoms with Gasteiger partial charge in [0.15, 0.2) is 0 Å². The zero-order valence-electron chi connectivity index (χ0n) is 16.4. The Hall–Kier alpha value is -2.56. The van der Waals surface area contributed by atoms with Crippen molar-refractivity contribution in [2.75, 3.05) is 19.6 Å². The number of piperidine rings is 1. The van der Waals surface area contributed by atoms with Gasteiger partial charge in [-0.1, -0.05) is 25.1 Å². The van der Waals surface area contributed by atoms with Crippen molar-refractivity contribution in [3.05, 3.63) is 48.2 Å². The zero-order valence-corrected chi connectivity index (χ0v) is 16.4. The van der Waals surface area contributed by atoms with E-state index >= 15 is 0 Å². The third-order valence-corrected chi connectivity index (χ3v) is 4.94. The van der Waals surface area contributed by atoms with Crippen LogP contribution in [0.15, 0.2) is 42.6 Å². The van der Waals surface area contributed by atoms with E-state index in [0.29, 0.717) is 17.2 Å². The van der Waals surface area contributed by atoms with E-state index in [1.54, 1.807) is 6.08 Å². The number of amides is 2. The molecule has 5 heteroatoms. The second-order valence-electron chi connectivity index (χ2n) is 7.62. The maximum Gasteiger partial charge on any atom is 0.278 e. The fourth-order valence-electron chi connectivity index (χ4n) is 3.78. The van der Waals surface area contributed by atoms with Crippen LogP contribution in [0.1, 0.15) is 39.2 Å². The highest BCUT2D eigenvalue weighted by Crippen LogP contribution is 2.34. The normalized spacial score (nSPS) is 20.7. The van der Waals surface area contributed by atoms with Crippen LogP contribution < -0.4 is 4.74 Å². The van der Waals surface area contributed by atoms with Crippen LogP contribution in [0.2, 0.25) is 0 Å². The number of imide groups is 1. The van der Waals surface area contributed by atoms with Gasteiger partial charge >= 0.3 is 0 Å². The molecule has 1 saturated heterocycles. The maximum atomic E-state index is 13.0. The molecule has 2 aliphatic heterocycles. The number of hydrogen-bond acceptors (Lipinski definition) is 4. The van der Waals surface area contributed by atoms with E-state index in [-0.39, 0.29) is 24.5 Å². The van der Waals surface area contributed by atoms with Crippen LogP contribution in [-0.2, 0) is 9.59 Å². The van der Waals surface area contributed by atoms with E-state index in [1.807, 2.05) is 38.1 Å². The van der Waals surface area contributed by atoms with Crippen LogP contribution in [0.25, 0.3) is 5.57 Å². The lowest BCUT2D eigenvalue weighted by molar-refractivity contribution is -0.137. The van der Waals surface area contributed by atoms with E-state index in [0.717, 1.165) is 37.2 Å². The Morgan fingerprint density at radius 1 is 1.22 bits per heavy atom. The lowest BCUT2D eigenvalue weighted by atomic mass is 9.97. The Bertz CT molecular complexity index is 764. The van der Waals surface area contributed by atoms with E-state index in [4.69, 9.17) is 4.74 Å². The van der Waals surface area contributed by atoms with E-state index in [9.17, 15) is 9.59 Å². The van der Waals surface area contributed by atoms with Gasteiger partial charge in [0, 0.05) is 19.6 Å². The summed E-state index contributed by atoms with van der Waals surface area (Å²) in [5, 5.41) is 0. The Balaban J connectivity index is 2.01. The van der Waals surface area contributed by atoms with Gasteiger partial charge in [0.2, 0.25) is 0 Å². The van der Waals surface area contributed by atoms with Gasteiger partial charge in [-0.3, -0.25) is 14.5 Å². The quantitative estimate of drug-likeness (QED) is 0.570. The highest BCUT2D eigenvalue weighted by atomic mass is 16.5. The number of hydrogen-bond donors (Lipinski definition) is 0. The summed E-state index contributed by atoms with van der Waals surface area (Å²) in [7, 11) is 0. The number of carbonyl (C=O) groups excluding carboxylic acids is 2. The Morgan fingerprint density at radius 2 is 1.93 bits per heavy atom. The number of rotatable bonds is 6. The number of ether oxygens (including phenoxy) is 1. The average molecular weight is 368 g/mol. The van der Waals surface area contributed by atoms with Gasteiger partial charge in [0.1, 0.15) is 11.4 Å². The molecule has 2 amide bonds. The van der Waals surface area contributed by atoms with Crippen molar-refractivity contribution < 1.29 is 14.3 Å². The second-order valence-corrected chi connectivity index (χ2v) is 7.62. The highest BCUT2D eigenvalue weighted by Gasteiger charge is 2.41. The molecule has 0 aliphatic carbocycles. The van der Waals surface area contributed by atoms with Crippen LogP contribution in [0.5, 0.6) is 5.75 Å². The molecule has 1 unspecified atom stereocenters. The molecule has 1 aromatic rings. The number of nitrogens with zero attached hydrogens (tertiary/aromatic N) is 2. The van der Waals surface area contributed by atoms with Crippen LogP contribution in [0, 0.1) is 5.92 Å². The molecular formula is C22H28N2O3. The Kier molecular flexibility index (Phi) is 5.68. The molecule has 0 N–H and O–H groups in total. The topological polar surface area (TPSA) is 49.9 Å². The molecule has 0 radical (unpaired) electrons. The van der Waals surface area contributed by atoms with Gasteiger partial charge in [-0.25, -0.2) is 0 Å². The van der Waals surface area contributed by atoms with E-state index in [2.05, 4.69) is 18.4 Å². The number of carbonyl (C=O) groups is 2. The predicted molar refractivity (Wildman–Crippen MR) is 106 cm³/mol. The first-order valence-corrected chi connectivity index (χ1v) is 9.65. The van der Waals surface area contributed by atoms with E-state index in [1.165, 1.54) is 4.90 Å². The summed E-state index contributed by atoms with van der Waals surface area (Å²) in [6.07, 6.45) is 3.86. The first-order valence-electron chi connectivity index (χ1n) is 9.65. The van der Waals surface area contributed by atoms with Gasteiger partial charge in [-0.15, -0.1) is 6.58 Å². The molecule has 2 aliphatic rings. The van der Waals surface area contributed by atoms with Gasteiger partial charge in [-0.05, 0) is 50.3 Å². The SMILES string of the molecule is C=CCN1C(=O)C(c2ccc(OC(C)C)cc2)=C(N2CCCC(C)C2)C1=O. The van der Waals surface area contributed by atoms with Crippen molar-refractivity contribution in [2.45, 2.75) is 39.7 Å². The van der Waals surface area contributed by atoms with Gasteiger partial charge < -0.3 is 9.64 Å². The molecule has 1 fully saturated rings. The van der Waals surface area contributed by atoms with Crippen LogP contribution in [0.4, 0.5) is 0 Å². The Morgan fingerprint density at radius 3 is 2.52 bits per heavy atom. The van der Waals surface area contributed by atoms with Crippen molar-refractivity contribution in [2.24, 2.45) is 5.92 Å². The summed E-state index contributed by atoms with van der Waals surface area (Å²) in [6, 6.07) is 7.44. The first-order chi connectivity index (χ1) is 12.9. The fourth-order valence-corrected chi connectivity index (χ4v) is 3.78. The van der Waals surface area contributed by atoms with Crippen molar-refractivity contribution in [3.8, 4) is 5.75 Å². The summed E-state index contributed by atoms with van der Waals surface area (Å²) in [6.45, 7) is 11.6. The molecule has 1 atom stereocenters. The van der Waals surface area contributed by atoms with E-state index < -0.39 is 0 Å². The lowest BCUT2D eigenvalue weighted by Crippen LogP contribution is -2.39. The summed E-state index contributed by atoms with van der Waals surface area (Å²) in [5.74, 6) is 0.796. The first kappa shape index (κ1) is 19.2. The largest absolute Gasteiger partial charge is 0.491 e. The molecule has 0 spiro atoms. The van der Waals surface area contributed by atoms with Gasteiger partial charge in [-0.2, -0.15) is 0 Å². The number of benzene rings is 1. The van der Waals surface area contributed by atoms with Crippen molar-refractivity contribution in [1.82, 2.24) is 9.80 Å². The summed E-state index contributed by atoms with van der Waals surface area (Å²) in [4.78, 5) is 29.5. The molecule has 2 heterocycles. The van der Waals surface area contributed by atoms with Crippen molar-refractivity contribution in [1.29, 1.82) is 0 Å². The van der Waals surface area contributed by atoms with Crippen LogP contribution in [-0.4, -0.2) is 47.4 Å². The minimum Gasteiger partial charge on any atom is -0.491 e. The standard InChI is InChI=1S/C22H28N2O3/c1-5-12-24-21(25)19(17-8-10-18(11-9-17)27-15(2)3)20(22(24)26)23-13-6-7-16(4)14-23/h5,8-11,15-16H,1,6-7,12-14H2,2-4H3. The molecule has 0 saturated carbocycles. The molecule has 0 aromatic heterocycles. The van der Waals surface area contributed by atoms with Crippen molar-refractivity contribution in [3.63, 3.8) is 0 Å². The van der Waals surface area contributed by atoms with Crippen LogP contribution >= 0.6 is 0 Å². The minimum absolute atomic E-state index is 0.0817. The summed E-state index contributed by atoms with van der Waals surface area (Å²) < 4.78 is 5.69. The molecule has 0 bridgehead atoms. The molecule has 3 rings (SSSR count). The minimum atomic E-state index is -0.245. The molecule has 5 nitrogen and oxygen atoms in total. The number of likely N-dealkylation sites (tertiary alicyclic amines) is 1. The van der Waals surface area contributed by atoms with Crippen molar-refractivity contribution >= 4 is 17.4 Å². The Labute approximate surface area is 161 Å². The molecular weight excluding hydrogens is 340 g/mol. The summed E-state index contributed by atoms with van der Waals surface area (Å²) in [5.41, 5.74) is 1.78. The molecule has 27 heavy (non-hydrogen) atoms. The second kappa shape index (κ2) is 7.99. The third kappa shape index (κ3) is 3.92. The lowest BCUT2D eigenvalue weighted by Gasteiger charge is -2.33. The average Bonchev–Trinajstić information content (AvgIpc) is 2.87. The highest BCUT2D eigenvalue weighted by molar-refractivity contribution is 6.35. The summed E-state index contributed by atoms with van der Waals surface area (Å²) >= 11 is 0. The monoisotopic (exact) mass is 368 g/mol.